The second-order valence-corrected chi connectivity index (χ2v) is 5.75. The molecular formula is C15H21N3O2. The van der Waals surface area contributed by atoms with Gasteiger partial charge in [-0.25, -0.2) is 9.78 Å². The van der Waals surface area contributed by atoms with Crippen molar-refractivity contribution in [1.82, 2.24) is 14.7 Å². The lowest BCUT2D eigenvalue weighted by Gasteiger charge is -2.11. The van der Waals surface area contributed by atoms with Gasteiger partial charge in [0.15, 0.2) is 0 Å². The average molecular weight is 275 g/mol. The van der Waals surface area contributed by atoms with Crippen LogP contribution in [0.2, 0.25) is 0 Å². The Morgan fingerprint density at radius 2 is 2.05 bits per heavy atom. The number of ether oxygens (including phenoxy) is 1. The van der Waals surface area contributed by atoms with Crippen LogP contribution in [0.25, 0.3) is 5.65 Å². The second kappa shape index (κ2) is 5.15. The van der Waals surface area contributed by atoms with Crippen LogP contribution in [0.1, 0.15) is 30.8 Å². The predicted octanol–water partition coefficient (Wildman–Crippen LogP) is 2.76. The van der Waals surface area contributed by atoms with Gasteiger partial charge in [-0.1, -0.05) is 6.07 Å². The van der Waals surface area contributed by atoms with Crippen molar-refractivity contribution in [3.8, 4) is 0 Å². The molecule has 20 heavy (non-hydrogen) atoms. The van der Waals surface area contributed by atoms with E-state index in [2.05, 4.69) is 51.6 Å². The van der Waals surface area contributed by atoms with E-state index >= 15 is 0 Å². The van der Waals surface area contributed by atoms with Crippen LogP contribution in [0, 0.1) is 20.8 Å². The van der Waals surface area contributed by atoms with E-state index in [1.165, 1.54) is 11.3 Å². The van der Waals surface area contributed by atoms with Crippen LogP contribution in [-0.2, 0) is 4.74 Å². The summed E-state index contributed by atoms with van der Waals surface area (Å²) >= 11 is 0. The molecule has 1 N–H and O–H groups in total. The fraction of sp³-hybridized carbons (Fsp3) is 0.467. The van der Waals surface area contributed by atoms with E-state index in [1.807, 2.05) is 20.8 Å². The smallest absolute Gasteiger partial charge is 0.407 e. The Kier molecular flexibility index (Phi) is 3.70. The molecule has 0 unspecified atom stereocenters. The Balaban J connectivity index is 0.000000160. The molecule has 3 rings (SSSR count). The number of nitrogens with one attached hydrogen (secondary N) is 1. The van der Waals surface area contributed by atoms with Crippen molar-refractivity contribution in [2.75, 3.05) is 6.61 Å². The van der Waals surface area contributed by atoms with Crippen molar-refractivity contribution in [2.45, 2.75) is 40.2 Å². The van der Waals surface area contributed by atoms with Crippen molar-refractivity contribution in [3.05, 3.63) is 35.3 Å². The van der Waals surface area contributed by atoms with E-state index in [1.54, 1.807) is 0 Å². The topological polar surface area (TPSA) is 55.6 Å². The third-order valence-corrected chi connectivity index (χ3v) is 3.33. The first kappa shape index (κ1) is 14.4. The Hall–Kier alpha value is -2.04. The lowest BCUT2D eigenvalue weighted by molar-refractivity contribution is 0.174. The zero-order valence-corrected chi connectivity index (χ0v) is 12.7. The molecule has 108 valence electrons. The number of aryl methyl sites for hydroxylation is 3. The number of carbonyl (C=O) groups excluding carboxylic acids is 1. The molecule has 2 aromatic rings. The third-order valence-electron chi connectivity index (χ3n) is 3.33. The molecule has 1 aliphatic rings. The zero-order chi connectivity index (χ0) is 14.9. The number of fused-ring (bicyclic) bond motifs is 1. The molecule has 1 aliphatic heterocycles. The number of rotatable bonds is 0. The SMILES string of the molecule is CC1(C)COC(=O)N1.Cc1nc2c(C)cccn2c1C. The van der Waals surface area contributed by atoms with Crippen molar-refractivity contribution in [3.63, 3.8) is 0 Å². The first-order chi connectivity index (χ1) is 9.30. The lowest BCUT2D eigenvalue weighted by Crippen LogP contribution is -2.36. The van der Waals surface area contributed by atoms with Crippen LogP contribution in [0.5, 0.6) is 0 Å². The highest BCUT2D eigenvalue weighted by Crippen LogP contribution is 2.13. The molecule has 0 aromatic carbocycles. The molecule has 0 bridgehead atoms. The number of alkyl carbamates (subject to hydrolysis) is 1. The molecule has 0 atom stereocenters. The number of hydrogen-bond donors (Lipinski definition) is 1. The predicted molar refractivity (Wildman–Crippen MR) is 78.0 cm³/mol. The highest BCUT2D eigenvalue weighted by molar-refractivity contribution is 5.70. The maximum atomic E-state index is 10.3. The van der Waals surface area contributed by atoms with E-state index < -0.39 is 0 Å². The normalized spacial score (nSPS) is 16.4. The largest absolute Gasteiger partial charge is 0.447 e. The first-order valence-corrected chi connectivity index (χ1v) is 6.66. The van der Waals surface area contributed by atoms with Crippen LogP contribution in [0.15, 0.2) is 18.3 Å². The van der Waals surface area contributed by atoms with E-state index in [4.69, 9.17) is 0 Å². The summed E-state index contributed by atoms with van der Waals surface area (Å²) in [5.74, 6) is 0. The molecule has 0 radical (unpaired) electrons. The van der Waals surface area contributed by atoms with E-state index in [0.29, 0.717) is 6.61 Å². The number of imidazole rings is 1. The maximum Gasteiger partial charge on any atom is 0.407 e. The number of nitrogens with zero attached hydrogens (tertiary/aromatic N) is 2. The minimum absolute atomic E-state index is 0.156. The van der Waals surface area contributed by atoms with Crippen LogP contribution < -0.4 is 5.32 Å². The van der Waals surface area contributed by atoms with Crippen molar-refractivity contribution < 1.29 is 9.53 Å². The highest BCUT2D eigenvalue weighted by atomic mass is 16.6. The van der Waals surface area contributed by atoms with Crippen LogP contribution in [-0.4, -0.2) is 27.6 Å². The highest BCUT2D eigenvalue weighted by Gasteiger charge is 2.29. The standard InChI is InChI=1S/C10H12N2.C5H9NO2/c1-7-5-4-6-12-9(3)8(2)11-10(7)12;1-5(2)3-8-4(7)6-5/h4-6H,1-3H3;3H2,1-2H3,(H,6,7). The molecule has 1 saturated heterocycles. The van der Waals surface area contributed by atoms with Gasteiger partial charge in [-0.2, -0.15) is 0 Å². The molecule has 5 nitrogen and oxygen atoms in total. The van der Waals surface area contributed by atoms with Crippen molar-refractivity contribution in [2.24, 2.45) is 0 Å². The van der Waals surface area contributed by atoms with Gasteiger partial charge in [0.05, 0.1) is 11.2 Å². The minimum atomic E-state index is -0.310. The third kappa shape index (κ3) is 2.92. The van der Waals surface area contributed by atoms with Gasteiger partial charge in [-0.05, 0) is 46.2 Å². The van der Waals surface area contributed by atoms with Crippen molar-refractivity contribution in [1.29, 1.82) is 0 Å². The molecular weight excluding hydrogens is 254 g/mol. The van der Waals surface area contributed by atoms with E-state index in [-0.39, 0.29) is 11.6 Å². The fourth-order valence-corrected chi connectivity index (χ4v) is 2.03. The number of amides is 1. The van der Waals surface area contributed by atoms with Crippen LogP contribution in [0.4, 0.5) is 4.79 Å². The fourth-order valence-electron chi connectivity index (χ4n) is 2.03. The molecule has 5 heteroatoms. The van der Waals surface area contributed by atoms with Gasteiger partial charge in [0, 0.05) is 11.9 Å². The Labute approximate surface area is 119 Å². The van der Waals surface area contributed by atoms with E-state index in [9.17, 15) is 4.79 Å². The summed E-state index contributed by atoms with van der Waals surface area (Å²) in [6, 6.07) is 4.14. The lowest BCUT2D eigenvalue weighted by atomic mass is 10.1. The number of aromatic nitrogens is 2. The van der Waals surface area contributed by atoms with Crippen LogP contribution >= 0.6 is 0 Å². The average Bonchev–Trinajstić information content (AvgIpc) is 2.83. The van der Waals surface area contributed by atoms with Gasteiger partial charge in [-0.15, -0.1) is 0 Å². The number of hydrogen-bond acceptors (Lipinski definition) is 3. The van der Waals surface area contributed by atoms with E-state index in [0.717, 1.165) is 11.3 Å². The molecule has 0 saturated carbocycles. The monoisotopic (exact) mass is 275 g/mol. The minimum Gasteiger partial charge on any atom is -0.447 e. The molecule has 2 aromatic heterocycles. The summed E-state index contributed by atoms with van der Waals surface area (Å²) in [4.78, 5) is 14.8. The summed E-state index contributed by atoms with van der Waals surface area (Å²) in [6.07, 6.45) is 1.74. The first-order valence-electron chi connectivity index (χ1n) is 6.66. The van der Waals surface area contributed by atoms with Gasteiger partial charge < -0.3 is 14.5 Å². The zero-order valence-electron chi connectivity index (χ0n) is 12.7. The molecule has 0 aliphatic carbocycles. The summed E-state index contributed by atoms with van der Waals surface area (Å²) in [6.45, 7) is 10.5. The number of carbonyl (C=O) groups is 1. The number of pyridine rings is 1. The Morgan fingerprint density at radius 3 is 2.50 bits per heavy atom. The summed E-state index contributed by atoms with van der Waals surface area (Å²) < 4.78 is 6.75. The van der Waals surface area contributed by atoms with Gasteiger partial charge in [0.25, 0.3) is 0 Å². The molecule has 3 heterocycles. The summed E-state index contributed by atoms with van der Waals surface area (Å²) in [7, 11) is 0. The van der Waals surface area contributed by atoms with Gasteiger partial charge in [-0.3, -0.25) is 0 Å². The van der Waals surface area contributed by atoms with Crippen LogP contribution in [0.3, 0.4) is 0 Å². The van der Waals surface area contributed by atoms with Gasteiger partial charge >= 0.3 is 6.09 Å². The second-order valence-electron chi connectivity index (χ2n) is 5.75. The Morgan fingerprint density at radius 1 is 1.35 bits per heavy atom. The summed E-state index contributed by atoms with van der Waals surface area (Å²) in [5.41, 5.74) is 4.50. The van der Waals surface area contributed by atoms with Gasteiger partial charge in [0.2, 0.25) is 0 Å². The molecule has 1 fully saturated rings. The maximum absolute atomic E-state index is 10.3. The van der Waals surface area contributed by atoms with Gasteiger partial charge in [0.1, 0.15) is 12.3 Å². The van der Waals surface area contributed by atoms with Crippen molar-refractivity contribution >= 4 is 11.7 Å². The quantitative estimate of drug-likeness (QED) is 0.804. The molecule has 0 spiro atoms. The summed E-state index contributed by atoms with van der Waals surface area (Å²) in [5, 5.41) is 2.63. The number of cyclic esters (lactones) is 1. The molecule has 1 amide bonds. The Bertz CT molecular complexity index is 644.